The van der Waals surface area contributed by atoms with Crippen LogP contribution in [-0.2, 0) is 11.4 Å². The van der Waals surface area contributed by atoms with Gasteiger partial charge in [-0.2, -0.15) is 0 Å². The third-order valence-electron chi connectivity index (χ3n) is 3.80. The number of hydrogen-bond donors (Lipinski definition) is 1. The van der Waals surface area contributed by atoms with Crippen LogP contribution in [0.4, 0.5) is 11.4 Å². The molecule has 0 saturated carbocycles. The molecule has 0 fully saturated rings. The molecule has 0 bridgehead atoms. The van der Waals surface area contributed by atoms with E-state index in [2.05, 4.69) is 5.32 Å². The van der Waals surface area contributed by atoms with Gasteiger partial charge < -0.3 is 14.8 Å². The van der Waals surface area contributed by atoms with E-state index in [0.29, 0.717) is 23.8 Å². The van der Waals surface area contributed by atoms with Crippen LogP contribution in [0.25, 0.3) is 0 Å². The van der Waals surface area contributed by atoms with Crippen molar-refractivity contribution in [2.24, 2.45) is 0 Å². The molecule has 0 heterocycles. The van der Waals surface area contributed by atoms with Crippen LogP contribution in [0.2, 0.25) is 0 Å². The highest BCUT2D eigenvalue weighted by molar-refractivity contribution is 5.91. The third-order valence-corrected chi connectivity index (χ3v) is 3.80. The fraction of sp³-hybridized carbons (Fsp3) is 0.0952. The van der Waals surface area contributed by atoms with Gasteiger partial charge in [-0.1, -0.05) is 30.3 Å². The summed E-state index contributed by atoms with van der Waals surface area (Å²) in [7, 11) is 0. The minimum absolute atomic E-state index is 0.0381. The number of carbonyl (C=O) groups excluding carboxylic acids is 1. The first-order valence-electron chi connectivity index (χ1n) is 8.54. The summed E-state index contributed by atoms with van der Waals surface area (Å²) in [6.45, 7) is 0.292. The Bertz CT molecular complexity index is 925. The number of rotatable bonds is 8. The van der Waals surface area contributed by atoms with E-state index in [9.17, 15) is 14.9 Å². The zero-order valence-electron chi connectivity index (χ0n) is 14.9. The number of ether oxygens (including phenoxy) is 2. The summed E-state index contributed by atoms with van der Waals surface area (Å²) in [5.74, 6) is 0.871. The second kappa shape index (κ2) is 9.18. The van der Waals surface area contributed by atoms with Crippen molar-refractivity contribution in [2.75, 3.05) is 11.9 Å². The molecule has 3 aromatic rings. The SMILES string of the molecule is O=C(COc1ccc(OCc2ccccc2)cc1)Nc1ccc([N+](=O)[O-])cc1. The molecule has 1 amide bonds. The Labute approximate surface area is 161 Å². The summed E-state index contributed by atoms with van der Waals surface area (Å²) in [6, 6.07) is 22.4. The molecule has 0 aliphatic heterocycles. The van der Waals surface area contributed by atoms with Crippen molar-refractivity contribution < 1.29 is 19.2 Å². The van der Waals surface area contributed by atoms with Gasteiger partial charge in [0.25, 0.3) is 11.6 Å². The van der Waals surface area contributed by atoms with E-state index >= 15 is 0 Å². The second-order valence-electron chi connectivity index (χ2n) is 5.89. The maximum absolute atomic E-state index is 11.9. The molecule has 0 unspecified atom stereocenters. The van der Waals surface area contributed by atoms with E-state index in [1.54, 1.807) is 24.3 Å². The summed E-state index contributed by atoms with van der Waals surface area (Å²) in [5, 5.41) is 13.2. The third kappa shape index (κ3) is 5.57. The Morgan fingerprint density at radius 1 is 0.857 bits per heavy atom. The Kier molecular flexibility index (Phi) is 6.20. The minimum Gasteiger partial charge on any atom is -0.489 e. The van der Waals surface area contributed by atoms with Gasteiger partial charge in [-0.15, -0.1) is 0 Å². The summed E-state index contributed by atoms with van der Waals surface area (Å²) >= 11 is 0. The molecule has 0 spiro atoms. The molecule has 0 radical (unpaired) electrons. The lowest BCUT2D eigenvalue weighted by Crippen LogP contribution is -2.20. The second-order valence-corrected chi connectivity index (χ2v) is 5.89. The number of nitrogens with one attached hydrogen (secondary N) is 1. The topological polar surface area (TPSA) is 90.7 Å². The number of anilines is 1. The van der Waals surface area contributed by atoms with Crippen LogP contribution in [0.3, 0.4) is 0 Å². The number of nitrogens with zero attached hydrogens (tertiary/aromatic N) is 1. The number of non-ortho nitro benzene ring substituents is 1. The molecule has 0 aliphatic carbocycles. The highest BCUT2D eigenvalue weighted by Gasteiger charge is 2.07. The van der Waals surface area contributed by atoms with Crippen molar-refractivity contribution >= 4 is 17.3 Å². The highest BCUT2D eigenvalue weighted by Crippen LogP contribution is 2.19. The van der Waals surface area contributed by atoms with Crippen molar-refractivity contribution in [3.63, 3.8) is 0 Å². The fourth-order valence-electron chi connectivity index (χ4n) is 2.39. The first-order valence-corrected chi connectivity index (χ1v) is 8.54. The molecule has 1 N–H and O–H groups in total. The molecular weight excluding hydrogens is 360 g/mol. The molecule has 0 saturated heterocycles. The molecule has 0 aliphatic rings. The lowest BCUT2D eigenvalue weighted by atomic mass is 10.2. The average Bonchev–Trinajstić information content (AvgIpc) is 2.72. The van der Waals surface area contributed by atoms with Crippen LogP contribution in [0, 0.1) is 10.1 Å². The number of amides is 1. The van der Waals surface area contributed by atoms with Gasteiger partial charge in [-0.3, -0.25) is 14.9 Å². The molecule has 7 heteroatoms. The predicted molar refractivity (Wildman–Crippen MR) is 104 cm³/mol. The number of nitro groups is 1. The molecule has 0 atom stereocenters. The standard InChI is InChI=1S/C21H18N2O5/c24-21(22-17-6-8-18(9-7-17)23(25)26)15-28-20-12-10-19(11-13-20)27-14-16-4-2-1-3-5-16/h1-13H,14-15H2,(H,22,24). The van der Waals surface area contributed by atoms with Crippen LogP contribution in [0.5, 0.6) is 11.5 Å². The Balaban J connectivity index is 1.45. The molecule has 3 rings (SSSR count). The van der Waals surface area contributed by atoms with E-state index in [-0.39, 0.29) is 18.2 Å². The van der Waals surface area contributed by atoms with Gasteiger partial charge in [0.05, 0.1) is 4.92 Å². The van der Waals surface area contributed by atoms with Gasteiger partial charge in [0.1, 0.15) is 18.1 Å². The monoisotopic (exact) mass is 378 g/mol. The summed E-state index contributed by atoms with van der Waals surface area (Å²) in [5.41, 5.74) is 1.50. The van der Waals surface area contributed by atoms with E-state index in [4.69, 9.17) is 9.47 Å². The van der Waals surface area contributed by atoms with Gasteiger partial charge in [0, 0.05) is 17.8 Å². The number of carbonyl (C=O) groups is 1. The highest BCUT2D eigenvalue weighted by atomic mass is 16.6. The Morgan fingerprint density at radius 2 is 1.46 bits per heavy atom. The van der Waals surface area contributed by atoms with Crippen LogP contribution < -0.4 is 14.8 Å². The molecule has 28 heavy (non-hydrogen) atoms. The summed E-state index contributed by atoms with van der Waals surface area (Å²) in [6.07, 6.45) is 0. The quantitative estimate of drug-likeness (QED) is 0.469. The predicted octanol–water partition coefficient (Wildman–Crippen LogP) is 4.19. The molecular formula is C21H18N2O5. The lowest BCUT2D eigenvalue weighted by Gasteiger charge is -2.09. The summed E-state index contributed by atoms with van der Waals surface area (Å²) < 4.78 is 11.1. The maximum Gasteiger partial charge on any atom is 0.269 e. The molecule has 142 valence electrons. The number of benzene rings is 3. The largest absolute Gasteiger partial charge is 0.489 e. The van der Waals surface area contributed by atoms with Crippen LogP contribution in [0.15, 0.2) is 78.9 Å². The normalized spacial score (nSPS) is 10.1. The van der Waals surface area contributed by atoms with Crippen molar-refractivity contribution in [2.45, 2.75) is 6.61 Å². The molecule has 0 aromatic heterocycles. The van der Waals surface area contributed by atoms with Crippen LogP contribution >= 0.6 is 0 Å². The first kappa shape index (κ1) is 18.9. The maximum atomic E-state index is 11.9. The van der Waals surface area contributed by atoms with Gasteiger partial charge >= 0.3 is 0 Å². The van der Waals surface area contributed by atoms with E-state index < -0.39 is 4.92 Å². The number of hydrogen-bond acceptors (Lipinski definition) is 5. The van der Waals surface area contributed by atoms with Gasteiger partial charge in [0.2, 0.25) is 0 Å². The smallest absolute Gasteiger partial charge is 0.269 e. The molecule has 7 nitrogen and oxygen atoms in total. The van der Waals surface area contributed by atoms with Gasteiger partial charge in [-0.25, -0.2) is 0 Å². The summed E-state index contributed by atoms with van der Waals surface area (Å²) in [4.78, 5) is 22.1. The lowest BCUT2D eigenvalue weighted by molar-refractivity contribution is -0.384. The van der Waals surface area contributed by atoms with Crippen molar-refractivity contribution in [3.05, 3.63) is 94.5 Å². The first-order chi connectivity index (χ1) is 13.6. The van der Waals surface area contributed by atoms with E-state index in [1.807, 2.05) is 30.3 Å². The Hall–Kier alpha value is -3.87. The zero-order chi connectivity index (χ0) is 19.8. The van der Waals surface area contributed by atoms with Crippen molar-refractivity contribution in [3.8, 4) is 11.5 Å². The Morgan fingerprint density at radius 3 is 2.07 bits per heavy atom. The van der Waals surface area contributed by atoms with Crippen molar-refractivity contribution in [1.82, 2.24) is 0 Å². The van der Waals surface area contributed by atoms with Gasteiger partial charge in [-0.05, 0) is 42.0 Å². The van der Waals surface area contributed by atoms with Crippen LogP contribution in [-0.4, -0.2) is 17.4 Å². The van der Waals surface area contributed by atoms with E-state index in [0.717, 1.165) is 5.56 Å². The zero-order valence-corrected chi connectivity index (χ0v) is 14.9. The minimum atomic E-state index is -0.498. The van der Waals surface area contributed by atoms with Crippen LogP contribution in [0.1, 0.15) is 5.56 Å². The average molecular weight is 378 g/mol. The van der Waals surface area contributed by atoms with Gasteiger partial charge in [0.15, 0.2) is 6.61 Å². The molecule has 3 aromatic carbocycles. The van der Waals surface area contributed by atoms with E-state index in [1.165, 1.54) is 24.3 Å². The van der Waals surface area contributed by atoms with Crippen molar-refractivity contribution in [1.29, 1.82) is 0 Å². The fourth-order valence-corrected chi connectivity index (χ4v) is 2.39. The number of nitro benzene ring substituents is 1.